The van der Waals surface area contributed by atoms with Crippen LogP contribution in [0.15, 0.2) is 45.6 Å². The van der Waals surface area contributed by atoms with Gasteiger partial charge in [-0.25, -0.2) is 0 Å². The molecule has 3 rings (SSSR count). The lowest BCUT2D eigenvalue weighted by Gasteiger charge is -2.32. The zero-order chi connectivity index (χ0) is 15.4. The van der Waals surface area contributed by atoms with E-state index in [1.165, 1.54) is 9.80 Å². The van der Waals surface area contributed by atoms with E-state index in [4.69, 9.17) is 8.83 Å². The predicted octanol–water partition coefficient (Wildman–Crippen LogP) is -0.514. The molecule has 0 aromatic carbocycles. The second kappa shape index (κ2) is 6.48. The minimum atomic E-state index is -0.277. The third-order valence-electron chi connectivity index (χ3n) is 4.26. The van der Waals surface area contributed by atoms with Crippen molar-refractivity contribution in [3.05, 3.63) is 48.3 Å². The number of hydrogen-bond acceptors (Lipinski definition) is 4. The molecule has 2 atom stereocenters. The van der Waals surface area contributed by atoms with Crippen molar-refractivity contribution in [3.63, 3.8) is 0 Å². The number of nitrogens with one attached hydrogen (secondary N) is 2. The van der Waals surface area contributed by atoms with E-state index in [1.54, 1.807) is 12.5 Å². The Kier molecular flexibility index (Phi) is 4.24. The fraction of sp³-hybridized carbons (Fsp3) is 0.375. The SMILES string of the molecule is N#CC(c1ccco1)[NH+]1CC[NH+](C(C#N)c2ccco2)CC1. The average Bonchev–Trinajstić information content (AvgIpc) is 3.24. The van der Waals surface area contributed by atoms with Gasteiger partial charge < -0.3 is 18.6 Å². The molecule has 1 aliphatic rings. The van der Waals surface area contributed by atoms with Crippen molar-refractivity contribution in [1.82, 2.24) is 0 Å². The van der Waals surface area contributed by atoms with Crippen molar-refractivity contribution < 1.29 is 18.6 Å². The maximum absolute atomic E-state index is 9.42. The monoisotopic (exact) mass is 298 g/mol. The van der Waals surface area contributed by atoms with Crippen LogP contribution in [-0.4, -0.2) is 26.2 Å². The molecule has 0 spiro atoms. The normalized spacial score (nSPS) is 24.1. The Morgan fingerprint density at radius 1 is 0.818 bits per heavy atom. The molecule has 6 nitrogen and oxygen atoms in total. The molecule has 112 valence electrons. The Hall–Kier alpha value is -2.54. The van der Waals surface area contributed by atoms with Crippen molar-refractivity contribution in [2.24, 2.45) is 0 Å². The van der Waals surface area contributed by atoms with E-state index in [0.717, 1.165) is 26.2 Å². The number of furan rings is 2. The number of piperazine rings is 1. The topological polar surface area (TPSA) is 82.7 Å². The maximum Gasteiger partial charge on any atom is 0.233 e. The Labute approximate surface area is 128 Å². The molecule has 0 amide bonds. The summed E-state index contributed by atoms with van der Waals surface area (Å²) in [6, 6.07) is 11.4. The first kappa shape index (κ1) is 14.4. The smallest absolute Gasteiger partial charge is 0.233 e. The summed E-state index contributed by atoms with van der Waals surface area (Å²) >= 11 is 0. The van der Waals surface area contributed by atoms with Crippen molar-refractivity contribution in [1.29, 1.82) is 10.5 Å². The fourth-order valence-electron chi connectivity index (χ4n) is 3.09. The summed E-state index contributed by atoms with van der Waals surface area (Å²) in [6.07, 6.45) is 3.20. The van der Waals surface area contributed by atoms with E-state index in [-0.39, 0.29) is 12.1 Å². The van der Waals surface area contributed by atoms with Crippen LogP contribution in [0.4, 0.5) is 0 Å². The molecule has 0 radical (unpaired) electrons. The van der Waals surface area contributed by atoms with Crippen molar-refractivity contribution in [3.8, 4) is 12.1 Å². The molecular weight excluding hydrogens is 280 g/mol. The lowest BCUT2D eigenvalue weighted by molar-refractivity contribution is -1.03. The second-order valence-corrected chi connectivity index (χ2v) is 5.47. The average molecular weight is 298 g/mol. The summed E-state index contributed by atoms with van der Waals surface area (Å²) < 4.78 is 10.8. The minimum absolute atomic E-state index is 0.277. The van der Waals surface area contributed by atoms with Gasteiger partial charge in [0, 0.05) is 0 Å². The first-order chi connectivity index (χ1) is 10.8. The molecule has 22 heavy (non-hydrogen) atoms. The van der Waals surface area contributed by atoms with Crippen molar-refractivity contribution in [2.75, 3.05) is 26.2 Å². The van der Waals surface area contributed by atoms with Gasteiger partial charge in [-0.3, -0.25) is 0 Å². The van der Waals surface area contributed by atoms with Crippen LogP contribution in [0.3, 0.4) is 0 Å². The van der Waals surface area contributed by atoms with Crippen LogP contribution in [0, 0.1) is 22.7 Å². The molecule has 3 heterocycles. The molecule has 1 aliphatic heterocycles. The van der Waals surface area contributed by atoms with Gasteiger partial charge in [0.15, 0.2) is 11.5 Å². The lowest BCUT2D eigenvalue weighted by Crippen LogP contribution is -3.28. The molecule has 1 saturated heterocycles. The third-order valence-corrected chi connectivity index (χ3v) is 4.26. The molecule has 2 N–H and O–H groups in total. The van der Waals surface area contributed by atoms with Crippen LogP contribution in [0.1, 0.15) is 23.6 Å². The first-order valence-electron chi connectivity index (χ1n) is 7.38. The highest BCUT2D eigenvalue weighted by molar-refractivity contribution is 5.10. The van der Waals surface area contributed by atoms with Crippen molar-refractivity contribution >= 4 is 0 Å². The molecule has 2 unspecified atom stereocenters. The molecule has 2 aromatic rings. The quantitative estimate of drug-likeness (QED) is 0.796. The largest absolute Gasteiger partial charge is 0.462 e. The van der Waals surface area contributed by atoms with E-state index < -0.39 is 0 Å². The number of hydrogen-bond donors (Lipinski definition) is 2. The highest BCUT2D eigenvalue weighted by Crippen LogP contribution is 2.10. The van der Waals surface area contributed by atoms with Gasteiger partial charge in [-0.15, -0.1) is 0 Å². The molecule has 0 bridgehead atoms. The summed E-state index contributed by atoms with van der Waals surface area (Å²) in [4.78, 5) is 2.38. The fourth-order valence-corrected chi connectivity index (χ4v) is 3.09. The Bertz CT molecular complexity index is 598. The second-order valence-electron chi connectivity index (χ2n) is 5.47. The van der Waals surface area contributed by atoms with Gasteiger partial charge in [-0.2, -0.15) is 10.5 Å². The van der Waals surface area contributed by atoms with Crippen LogP contribution in [0.25, 0.3) is 0 Å². The van der Waals surface area contributed by atoms with E-state index in [1.807, 2.05) is 24.3 Å². The van der Waals surface area contributed by atoms with Gasteiger partial charge in [0.1, 0.15) is 38.3 Å². The maximum atomic E-state index is 9.42. The Morgan fingerprint density at radius 3 is 1.50 bits per heavy atom. The van der Waals surface area contributed by atoms with Gasteiger partial charge in [0.25, 0.3) is 0 Å². The highest BCUT2D eigenvalue weighted by Gasteiger charge is 2.36. The molecule has 0 aliphatic carbocycles. The van der Waals surface area contributed by atoms with Crippen LogP contribution < -0.4 is 9.80 Å². The highest BCUT2D eigenvalue weighted by atomic mass is 16.3. The van der Waals surface area contributed by atoms with Crippen LogP contribution in [-0.2, 0) is 0 Å². The van der Waals surface area contributed by atoms with Crippen LogP contribution in [0.5, 0.6) is 0 Å². The lowest BCUT2D eigenvalue weighted by atomic mass is 10.1. The number of rotatable bonds is 4. The molecular formula is C16H18N4O2+2. The van der Waals surface area contributed by atoms with E-state index >= 15 is 0 Å². The van der Waals surface area contributed by atoms with E-state index in [2.05, 4.69) is 12.1 Å². The summed E-state index contributed by atoms with van der Waals surface area (Å²) in [5.41, 5.74) is 0. The first-order valence-corrected chi connectivity index (χ1v) is 7.38. The molecule has 0 saturated carbocycles. The zero-order valence-corrected chi connectivity index (χ0v) is 12.2. The summed E-state index contributed by atoms with van der Waals surface area (Å²) in [6.45, 7) is 3.31. The Morgan fingerprint density at radius 2 is 1.23 bits per heavy atom. The van der Waals surface area contributed by atoms with Gasteiger partial charge in [-0.1, -0.05) is 0 Å². The summed E-state index contributed by atoms with van der Waals surface area (Å²) in [5, 5.41) is 18.8. The van der Waals surface area contributed by atoms with Gasteiger partial charge >= 0.3 is 0 Å². The predicted molar refractivity (Wildman–Crippen MR) is 75.5 cm³/mol. The van der Waals surface area contributed by atoms with Gasteiger partial charge in [0.05, 0.1) is 12.5 Å². The summed E-state index contributed by atoms with van der Waals surface area (Å²) in [7, 11) is 0. The number of nitriles is 2. The van der Waals surface area contributed by atoms with Gasteiger partial charge in [-0.05, 0) is 24.3 Å². The number of nitrogens with zero attached hydrogens (tertiary/aromatic N) is 2. The molecule has 6 heteroatoms. The minimum Gasteiger partial charge on any atom is -0.462 e. The number of quaternary nitrogens is 2. The van der Waals surface area contributed by atoms with E-state index in [0.29, 0.717) is 11.5 Å². The van der Waals surface area contributed by atoms with Gasteiger partial charge in [0.2, 0.25) is 12.1 Å². The van der Waals surface area contributed by atoms with E-state index in [9.17, 15) is 10.5 Å². The third kappa shape index (κ3) is 2.75. The van der Waals surface area contributed by atoms with Crippen molar-refractivity contribution in [2.45, 2.75) is 12.1 Å². The Balaban J connectivity index is 1.65. The molecule has 2 aromatic heterocycles. The summed E-state index contributed by atoms with van der Waals surface area (Å²) in [5.74, 6) is 1.42. The van der Waals surface area contributed by atoms with Crippen LogP contribution >= 0.6 is 0 Å². The zero-order valence-electron chi connectivity index (χ0n) is 12.2. The molecule has 1 fully saturated rings. The standard InChI is InChI=1S/C16H16N4O2/c17-11-13(15-3-1-9-21-15)19-5-7-20(8-6-19)14(12-18)16-4-2-10-22-16/h1-4,9-10,13-14H,5-8H2/p+2. The van der Waals surface area contributed by atoms with Crippen LogP contribution in [0.2, 0.25) is 0 Å².